The van der Waals surface area contributed by atoms with Crippen molar-refractivity contribution in [3.05, 3.63) is 21.3 Å². The summed E-state index contributed by atoms with van der Waals surface area (Å²) in [6.45, 7) is 0. The molecule has 1 aromatic rings. The molecule has 4 nitrogen and oxygen atoms in total. The summed E-state index contributed by atoms with van der Waals surface area (Å²) in [6.07, 6.45) is 2.39. The maximum atomic E-state index is 10.6. The predicted octanol–water partition coefficient (Wildman–Crippen LogP) is 1.28. The number of nitrogens with zero attached hydrogens (tertiary/aromatic N) is 1. The van der Waals surface area contributed by atoms with E-state index in [2.05, 4.69) is 5.10 Å². The van der Waals surface area contributed by atoms with Crippen LogP contribution in [-0.2, 0) is 10.0 Å². The molecule has 7 heteroatoms. The molecule has 0 atom stereocenters. The molecule has 0 bridgehead atoms. The fraction of sp³-hybridized carbons (Fsp3) is 0.167. The van der Waals surface area contributed by atoms with Crippen molar-refractivity contribution in [1.82, 2.24) is 4.83 Å². The molecule has 0 aromatic carbocycles. The van der Waals surface area contributed by atoms with Crippen molar-refractivity contribution in [2.75, 3.05) is 6.26 Å². The normalized spacial score (nSPS) is 12.2. The van der Waals surface area contributed by atoms with Crippen LogP contribution < -0.4 is 4.83 Å². The molecule has 1 heterocycles. The highest BCUT2D eigenvalue weighted by Gasteiger charge is 1.98. The second kappa shape index (κ2) is 4.08. The highest BCUT2D eigenvalue weighted by Crippen LogP contribution is 2.20. The monoisotopic (exact) mass is 238 g/mol. The van der Waals surface area contributed by atoms with Gasteiger partial charge in [-0.1, -0.05) is 11.6 Å². The van der Waals surface area contributed by atoms with E-state index in [1.165, 1.54) is 17.6 Å². The van der Waals surface area contributed by atoms with E-state index < -0.39 is 10.0 Å². The first kappa shape index (κ1) is 10.5. The number of nitrogens with one attached hydrogen (secondary N) is 1. The van der Waals surface area contributed by atoms with Crippen molar-refractivity contribution < 1.29 is 8.42 Å². The van der Waals surface area contributed by atoms with Crippen LogP contribution in [0.25, 0.3) is 0 Å². The number of sulfonamides is 1. The first-order chi connectivity index (χ1) is 5.99. The van der Waals surface area contributed by atoms with Gasteiger partial charge in [0.1, 0.15) is 4.34 Å². The molecule has 0 spiro atoms. The Hall–Kier alpha value is -0.590. The zero-order valence-corrected chi connectivity index (χ0v) is 9.08. The number of rotatable bonds is 3. The smallest absolute Gasteiger partial charge is 0.206 e. The third-order valence-electron chi connectivity index (χ3n) is 1.07. The molecule has 0 radical (unpaired) electrons. The number of thiophene rings is 1. The van der Waals surface area contributed by atoms with E-state index in [9.17, 15) is 8.42 Å². The second-order valence-electron chi connectivity index (χ2n) is 2.27. The molecular weight excluding hydrogens is 232 g/mol. The molecule has 0 fully saturated rings. The van der Waals surface area contributed by atoms with Gasteiger partial charge in [-0.15, -0.1) is 11.3 Å². The van der Waals surface area contributed by atoms with Crippen LogP contribution >= 0.6 is 22.9 Å². The Morgan fingerprint density at radius 1 is 1.69 bits per heavy atom. The number of halogens is 1. The molecule has 0 unspecified atom stereocenters. The van der Waals surface area contributed by atoms with Crippen LogP contribution in [0.3, 0.4) is 0 Å². The van der Waals surface area contributed by atoms with Crippen LogP contribution in [0.15, 0.2) is 16.5 Å². The van der Waals surface area contributed by atoms with Crippen LogP contribution in [0.1, 0.15) is 5.56 Å². The Balaban J connectivity index is 2.65. The lowest BCUT2D eigenvalue weighted by atomic mass is 10.4. The Labute approximate surface area is 85.3 Å². The zero-order valence-electron chi connectivity index (χ0n) is 6.69. The van der Waals surface area contributed by atoms with Crippen molar-refractivity contribution in [2.45, 2.75) is 0 Å². The third kappa shape index (κ3) is 3.75. The highest BCUT2D eigenvalue weighted by atomic mass is 35.5. The van der Waals surface area contributed by atoms with Gasteiger partial charge in [-0.3, -0.25) is 0 Å². The van der Waals surface area contributed by atoms with Crippen LogP contribution in [0.2, 0.25) is 4.34 Å². The quantitative estimate of drug-likeness (QED) is 0.637. The summed E-state index contributed by atoms with van der Waals surface area (Å²) in [5.74, 6) is 0. The minimum Gasteiger partial charge on any atom is -0.206 e. The SMILES string of the molecule is CS(=O)(=O)N/N=C/c1ccsc1Cl. The van der Waals surface area contributed by atoms with Crippen LogP contribution in [0.4, 0.5) is 0 Å². The molecule has 0 amide bonds. The summed E-state index contributed by atoms with van der Waals surface area (Å²) >= 11 is 7.10. The summed E-state index contributed by atoms with van der Waals surface area (Å²) in [6, 6.07) is 1.75. The summed E-state index contributed by atoms with van der Waals surface area (Å²) in [5, 5.41) is 5.30. The molecule has 72 valence electrons. The fourth-order valence-corrected chi connectivity index (χ4v) is 1.69. The van der Waals surface area contributed by atoms with Gasteiger partial charge in [0.15, 0.2) is 0 Å². The standard InChI is InChI=1S/C6H7ClN2O2S2/c1-13(10,11)9-8-4-5-2-3-12-6(5)7/h2-4,9H,1H3/b8-4+. The van der Waals surface area contributed by atoms with Crippen LogP contribution in [0, 0.1) is 0 Å². The minimum absolute atomic E-state index is 0.582. The van der Waals surface area contributed by atoms with E-state index in [4.69, 9.17) is 11.6 Å². The zero-order chi connectivity index (χ0) is 9.90. The van der Waals surface area contributed by atoms with Gasteiger partial charge in [-0.2, -0.15) is 5.10 Å². The van der Waals surface area contributed by atoms with Crippen molar-refractivity contribution in [3.63, 3.8) is 0 Å². The summed E-state index contributed by atoms with van der Waals surface area (Å²) in [7, 11) is -3.28. The summed E-state index contributed by atoms with van der Waals surface area (Å²) < 4.78 is 21.8. The van der Waals surface area contributed by atoms with Gasteiger partial charge in [-0.25, -0.2) is 13.2 Å². The number of hydrazone groups is 1. The Kier molecular flexibility index (Phi) is 3.29. The Bertz CT molecular complexity index is 410. The van der Waals surface area contributed by atoms with Gasteiger partial charge in [0.2, 0.25) is 10.0 Å². The molecule has 1 rings (SSSR count). The number of hydrogen-bond donors (Lipinski definition) is 1. The first-order valence-electron chi connectivity index (χ1n) is 3.22. The van der Waals surface area contributed by atoms with E-state index in [1.54, 1.807) is 11.4 Å². The van der Waals surface area contributed by atoms with Gasteiger partial charge in [0, 0.05) is 5.56 Å². The summed E-state index contributed by atoms with van der Waals surface area (Å²) in [4.78, 5) is 1.98. The van der Waals surface area contributed by atoms with E-state index >= 15 is 0 Å². The highest BCUT2D eigenvalue weighted by molar-refractivity contribution is 7.88. The van der Waals surface area contributed by atoms with Crippen molar-refractivity contribution in [1.29, 1.82) is 0 Å². The molecule has 0 aliphatic heterocycles. The average Bonchev–Trinajstić information content (AvgIpc) is 2.34. The molecule has 1 aromatic heterocycles. The Morgan fingerprint density at radius 2 is 2.38 bits per heavy atom. The molecule has 0 saturated heterocycles. The van der Waals surface area contributed by atoms with Crippen molar-refractivity contribution in [3.8, 4) is 0 Å². The van der Waals surface area contributed by atoms with Gasteiger partial charge in [0.25, 0.3) is 0 Å². The topological polar surface area (TPSA) is 58.5 Å². The lowest BCUT2D eigenvalue weighted by molar-refractivity contribution is 0.591. The average molecular weight is 239 g/mol. The van der Waals surface area contributed by atoms with E-state index in [-0.39, 0.29) is 0 Å². The number of hydrogen-bond acceptors (Lipinski definition) is 4. The lowest BCUT2D eigenvalue weighted by Crippen LogP contribution is -2.15. The molecule has 0 aliphatic rings. The van der Waals surface area contributed by atoms with E-state index in [1.807, 2.05) is 4.83 Å². The summed E-state index contributed by atoms with van der Waals surface area (Å²) in [5.41, 5.74) is 0.697. The predicted molar refractivity (Wildman–Crippen MR) is 54.9 cm³/mol. The van der Waals surface area contributed by atoms with Gasteiger partial charge >= 0.3 is 0 Å². The van der Waals surface area contributed by atoms with Crippen molar-refractivity contribution in [2.24, 2.45) is 5.10 Å². The fourth-order valence-electron chi connectivity index (χ4n) is 0.586. The largest absolute Gasteiger partial charge is 0.244 e. The molecule has 1 N–H and O–H groups in total. The van der Waals surface area contributed by atoms with Crippen LogP contribution in [-0.4, -0.2) is 20.9 Å². The van der Waals surface area contributed by atoms with E-state index in [0.717, 1.165) is 6.26 Å². The molecular formula is C6H7ClN2O2S2. The lowest BCUT2D eigenvalue weighted by Gasteiger charge is -1.93. The Morgan fingerprint density at radius 3 is 2.85 bits per heavy atom. The molecule has 13 heavy (non-hydrogen) atoms. The minimum atomic E-state index is -3.28. The van der Waals surface area contributed by atoms with Gasteiger partial charge in [-0.05, 0) is 11.4 Å². The molecule has 0 saturated carbocycles. The van der Waals surface area contributed by atoms with E-state index in [0.29, 0.717) is 9.90 Å². The third-order valence-corrected chi connectivity index (χ3v) is 2.71. The molecule has 0 aliphatic carbocycles. The van der Waals surface area contributed by atoms with Gasteiger partial charge in [0.05, 0.1) is 12.5 Å². The first-order valence-corrected chi connectivity index (χ1v) is 6.37. The maximum Gasteiger partial charge on any atom is 0.244 e. The van der Waals surface area contributed by atoms with Crippen molar-refractivity contribution >= 4 is 39.2 Å². The maximum absolute atomic E-state index is 10.6. The second-order valence-corrected chi connectivity index (χ2v) is 5.52. The van der Waals surface area contributed by atoms with Gasteiger partial charge < -0.3 is 0 Å². The van der Waals surface area contributed by atoms with Crippen LogP contribution in [0.5, 0.6) is 0 Å².